The van der Waals surface area contributed by atoms with Crippen molar-refractivity contribution in [3.05, 3.63) is 10.6 Å². The van der Waals surface area contributed by atoms with E-state index in [9.17, 15) is 14.4 Å². The molecule has 19 heavy (non-hydrogen) atoms. The molecule has 4 amide bonds. The number of carbonyl (C=O) groups excluding carboxylic acids is 3. The van der Waals surface area contributed by atoms with Gasteiger partial charge in [0, 0.05) is 6.92 Å². The van der Waals surface area contributed by atoms with Gasteiger partial charge in [0.05, 0.1) is 17.2 Å². The number of carboxylic acid groups (broad SMARTS) is 1. The fourth-order valence-corrected chi connectivity index (χ4v) is 1.36. The number of carboxylic acids is 1. The molecular weight excluding hydrogens is 274 g/mol. The summed E-state index contributed by atoms with van der Waals surface area (Å²) in [5.74, 6) is -2.13. The van der Waals surface area contributed by atoms with E-state index in [-0.39, 0.29) is 59.1 Å². The standard InChI is InChI=1S/C8H12N2O3.C2H4O2.2Na/c1-3-8(4-2)5(11)9-7(13)10-6(8)12;1-2(3)4;;/h3-4H2,1-2H3,(H2,9,10,11,12,13);1H3,(H,3,4);;/q;;2*+1/p-2. The molecule has 0 saturated carbocycles. The second-order valence-corrected chi connectivity index (χ2v) is 3.42. The maximum absolute atomic E-state index is 11.3. The molecule has 1 N–H and O–H groups in total. The number of barbiturate groups is 1. The van der Waals surface area contributed by atoms with Crippen LogP contribution in [-0.4, -0.2) is 28.9 Å². The SMILES string of the molecule is CC(=O)O.CCC1(CC)C(=O)[N-]C(=O)[N-]C1=O.[Na+].[Na+]. The Hall–Kier alpha value is 0.0800. The minimum atomic E-state index is -1.17. The minimum Gasteiger partial charge on any atom is -0.611 e. The number of aliphatic carboxylic acids is 1. The van der Waals surface area contributed by atoms with Gasteiger partial charge in [-0.2, -0.15) is 0 Å². The van der Waals surface area contributed by atoms with Gasteiger partial charge in [-0.3, -0.25) is 4.79 Å². The average Bonchev–Trinajstić information content (AvgIpc) is 2.17. The maximum atomic E-state index is 11.3. The van der Waals surface area contributed by atoms with Crippen molar-refractivity contribution in [3.63, 3.8) is 0 Å². The van der Waals surface area contributed by atoms with Crippen LogP contribution in [0.1, 0.15) is 33.6 Å². The van der Waals surface area contributed by atoms with Crippen LogP contribution < -0.4 is 59.1 Å². The van der Waals surface area contributed by atoms with Crippen LogP contribution in [0.3, 0.4) is 0 Å². The normalized spacial score (nSPS) is 15.6. The summed E-state index contributed by atoms with van der Waals surface area (Å²) in [7, 11) is 0. The molecule has 1 fully saturated rings. The summed E-state index contributed by atoms with van der Waals surface area (Å²) in [6.45, 7) is 4.50. The molecule has 0 aromatic heterocycles. The first kappa shape index (κ1) is 24.1. The third-order valence-electron chi connectivity index (χ3n) is 2.42. The molecule has 7 nitrogen and oxygen atoms in total. The fraction of sp³-hybridized carbons (Fsp3) is 0.600. The van der Waals surface area contributed by atoms with Gasteiger partial charge in [0.15, 0.2) is 0 Å². The van der Waals surface area contributed by atoms with Gasteiger partial charge in [-0.25, -0.2) is 0 Å². The second-order valence-electron chi connectivity index (χ2n) is 3.42. The van der Waals surface area contributed by atoms with E-state index in [1.807, 2.05) is 0 Å². The molecule has 0 radical (unpaired) electrons. The Morgan fingerprint density at radius 1 is 1.05 bits per heavy atom. The molecule has 1 saturated heterocycles. The number of nitrogens with zero attached hydrogens (tertiary/aromatic N) is 2. The van der Waals surface area contributed by atoms with Gasteiger partial charge < -0.3 is 30.1 Å². The Kier molecular flexibility index (Phi) is 13.7. The Balaban J connectivity index is -0.000000379. The fourth-order valence-electron chi connectivity index (χ4n) is 1.36. The zero-order valence-corrected chi connectivity index (χ0v) is 15.9. The number of urea groups is 1. The molecule has 96 valence electrons. The first-order chi connectivity index (χ1) is 7.80. The molecule has 0 atom stereocenters. The Morgan fingerprint density at radius 2 is 1.32 bits per heavy atom. The molecule has 1 aliphatic heterocycles. The second kappa shape index (κ2) is 10.8. The van der Waals surface area contributed by atoms with Crippen molar-refractivity contribution in [2.24, 2.45) is 5.41 Å². The van der Waals surface area contributed by atoms with Crippen LogP contribution in [-0.2, 0) is 14.4 Å². The Labute approximate surface area is 155 Å². The van der Waals surface area contributed by atoms with Gasteiger partial charge in [-0.15, -0.1) is 0 Å². The average molecular weight is 288 g/mol. The molecule has 0 bridgehead atoms. The van der Waals surface area contributed by atoms with Crippen LogP contribution in [0.4, 0.5) is 4.79 Å². The van der Waals surface area contributed by atoms with Crippen molar-refractivity contribution >= 4 is 23.8 Å². The van der Waals surface area contributed by atoms with E-state index in [0.717, 1.165) is 6.92 Å². The molecule has 0 aromatic rings. The van der Waals surface area contributed by atoms with Crippen LogP contribution in [0, 0.1) is 5.41 Å². The number of amides is 4. The first-order valence-corrected chi connectivity index (χ1v) is 5.06. The van der Waals surface area contributed by atoms with E-state index in [0.29, 0.717) is 12.8 Å². The molecule has 0 aliphatic carbocycles. The van der Waals surface area contributed by atoms with Crippen molar-refractivity contribution in [1.29, 1.82) is 0 Å². The number of carbonyl (C=O) groups is 4. The third kappa shape index (κ3) is 6.87. The summed E-state index contributed by atoms with van der Waals surface area (Å²) in [5, 5.41) is 13.7. The smallest absolute Gasteiger partial charge is 0.611 e. The molecule has 0 aromatic carbocycles. The predicted molar refractivity (Wildman–Crippen MR) is 58.5 cm³/mol. The molecular formula is C10H14N2Na2O5. The summed E-state index contributed by atoms with van der Waals surface area (Å²) < 4.78 is 0. The van der Waals surface area contributed by atoms with Crippen molar-refractivity contribution in [3.8, 4) is 0 Å². The molecule has 1 heterocycles. The molecule has 9 heteroatoms. The van der Waals surface area contributed by atoms with E-state index in [1.165, 1.54) is 0 Å². The van der Waals surface area contributed by atoms with Crippen LogP contribution in [0.5, 0.6) is 0 Å². The Morgan fingerprint density at radius 3 is 1.53 bits per heavy atom. The number of hydrogen-bond donors (Lipinski definition) is 1. The van der Waals surface area contributed by atoms with Crippen molar-refractivity contribution < 1.29 is 83.4 Å². The minimum absolute atomic E-state index is 0. The van der Waals surface area contributed by atoms with E-state index in [4.69, 9.17) is 9.90 Å². The van der Waals surface area contributed by atoms with Gasteiger partial charge in [0.2, 0.25) is 0 Å². The van der Waals surface area contributed by atoms with Crippen molar-refractivity contribution in [1.82, 2.24) is 0 Å². The monoisotopic (exact) mass is 288 g/mol. The summed E-state index contributed by atoms with van der Waals surface area (Å²) in [6, 6.07) is -0.979. The van der Waals surface area contributed by atoms with Gasteiger partial charge in [-0.05, 0) is 18.9 Å². The van der Waals surface area contributed by atoms with Gasteiger partial charge >= 0.3 is 59.1 Å². The third-order valence-corrected chi connectivity index (χ3v) is 2.42. The van der Waals surface area contributed by atoms with Crippen LogP contribution in [0.25, 0.3) is 10.6 Å². The van der Waals surface area contributed by atoms with Crippen LogP contribution >= 0.6 is 0 Å². The summed E-state index contributed by atoms with van der Waals surface area (Å²) >= 11 is 0. The maximum Gasteiger partial charge on any atom is 1.00 e. The first-order valence-electron chi connectivity index (χ1n) is 5.06. The van der Waals surface area contributed by atoms with Gasteiger partial charge in [0.1, 0.15) is 0 Å². The van der Waals surface area contributed by atoms with Crippen molar-refractivity contribution in [2.45, 2.75) is 33.6 Å². The molecule has 1 rings (SSSR count). The quantitative estimate of drug-likeness (QED) is 0.409. The number of hydrogen-bond acceptors (Lipinski definition) is 4. The van der Waals surface area contributed by atoms with Crippen LogP contribution in [0.15, 0.2) is 0 Å². The zero-order valence-electron chi connectivity index (χ0n) is 11.9. The topological polar surface area (TPSA) is 117 Å². The summed E-state index contributed by atoms with van der Waals surface area (Å²) in [5.41, 5.74) is -1.17. The van der Waals surface area contributed by atoms with E-state index < -0.39 is 29.2 Å². The van der Waals surface area contributed by atoms with Crippen LogP contribution in [0.2, 0.25) is 0 Å². The zero-order chi connectivity index (χ0) is 13.6. The predicted octanol–water partition coefficient (Wildman–Crippen LogP) is -4.17. The summed E-state index contributed by atoms with van der Waals surface area (Å²) in [6.07, 6.45) is 0.670. The van der Waals surface area contributed by atoms with Gasteiger partial charge in [-0.1, -0.05) is 13.8 Å². The van der Waals surface area contributed by atoms with E-state index >= 15 is 0 Å². The molecule has 0 spiro atoms. The largest absolute Gasteiger partial charge is 1.00 e. The molecule has 0 unspecified atom stereocenters. The van der Waals surface area contributed by atoms with Crippen molar-refractivity contribution in [2.75, 3.05) is 0 Å². The summed E-state index contributed by atoms with van der Waals surface area (Å²) in [4.78, 5) is 42.3. The number of rotatable bonds is 2. The van der Waals surface area contributed by atoms with E-state index in [1.54, 1.807) is 13.8 Å². The number of imide groups is 2. The van der Waals surface area contributed by atoms with E-state index in [2.05, 4.69) is 10.6 Å². The Bertz CT molecular complexity index is 330. The van der Waals surface area contributed by atoms with Gasteiger partial charge in [0.25, 0.3) is 5.97 Å². The molecule has 1 aliphatic rings.